The highest BCUT2D eigenvalue weighted by Gasteiger charge is 2.34. The standard InChI is InChI=1S/C28H35N3O4/c1-28(2,3)35-27(33)29-17-8-7-11-24(32)31-18-16-22-21-9-5-6-10-23(21)30-25(22)26(31)19-12-14-20(34-4)15-13-19/h5-6,9-10,12-15,26,30H,7-8,11,16-18H2,1-4H3,(H,29,33). The second-order valence-electron chi connectivity index (χ2n) is 9.96. The fourth-order valence-corrected chi connectivity index (χ4v) is 4.69. The second kappa shape index (κ2) is 10.4. The molecule has 1 unspecified atom stereocenters. The molecule has 1 aliphatic rings. The fourth-order valence-electron chi connectivity index (χ4n) is 4.69. The number of fused-ring (bicyclic) bond motifs is 3. The Hall–Kier alpha value is -3.48. The van der Waals surface area contributed by atoms with Crippen LogP contribution in [0.15, 0.2) is 48.5 Å². The highest BCUT2D eigenvalue weighted by Crippen LogP contribution is 2.39. The molecular formula is C28H35N3O4. The number of hydrogen-bond acceptors (Lipinski definition) is 4. The van der Waals surface area contributed by atoms with Gasteiger partial charge in [0, 0.05) is 36.1 Å². The van der Waals surface area contributed by atoms with Crippen LogP contribution in [0.4, 0.5) is 4.79 Å². The number of ether oxygens (including phenoxy) is 2. The molecule has 7 nitrogen and oxygen atoms in total. The number of carbonyl (C=O) groups is 2. The van der Waals surface area contributed by atoms with Crippen LogP contribution in [0.2, 0.25) is 0 Å². The second-order valence-corrected chi connectivity index (χ2v) is 9.96. The topological polar surface area (TPSA) is 83.7 Å². The van der Waals surface area contributed by atoms with E-state index in [-0.39, 0.29) is 11.9 Å². The number of unbranched alkanes of at least 4 members (excludes halogenated alkanes) is 1. The lowest BCUT2D eigenvalue weighted by molar-refractivity contribution is -0.133. The number of methoxy groups -OCH3 is 1. The molecule has 0 spiro atoms. The summed E-state index contributed by atoms with van der Waals surface area (Å²) in [6.45, 7) is 6.65. The first-order chi connectivity index (χ1) is 16.8. The van der Waals surface area contributed by atoms with Gasteiger partial charge in [-0.1, -0.05) is 30.3 Å². The number of nitrogens with one attached hydrogen (secondary N) is 2. The molecule has 0 radical (unpaired) electrons. The van der Waals surface area contributed by atoms with Gasteiger partial charge in [0.2, 0.25) is 5.91 Å². The number of aromatic nitrogens is 1. The van der Waals surface area contributed by atoms with Gasteiger partial charge in [-0.2, -0.15) is 0 Å². The quantitative estimate of drug-likeness (QED) is 0.450. The van der Waals surface area contributed by atoms with Gasteiger partial charge in [0.15, 0.2) is 0 Å². The molecule has 1 aliphatic heterocycles. The zero-order chi connectivity index (χ0) is 25.0. The van der Waals surface area contributed by atoms with E-state index in [1.807, 2.05) is 56.0 Å². The minimum atomic E-state index is -0.522. The molecule has 2 aromatic carbocycles. The first-order valence-electron chi connectivity index (χ1n) is 12.3. The number of carbonyl (C=O) groups excluding carboxylic acids is 2. The molecule has 35 heavy (non-hydrogen) atoms. The van der Waals surface area contributed by atoms with Crippen LogP contribution >= 0.6 is 0 Å². The molecule has 186 valence electrons. The van der Waals surface area contributed by atoms with Gasteiger partial charge in [-0.3, -0.25) is 4.79 Å². The Morgan fingerprint density at radius 3 is 2.54 bits per heavy atom. The van der Waals surface area contributed by atoms with E-state index in [1.54, 1.807) is 7.11 Å². The maximum atomic E-state index is 13.4. The number of H-pyrrole nitrogens is 1. The summed E-state index contributed by atoms with van der Waals surface area (Å²) in [5.41, 5.74) is 4.00. The number of alkyl carbamates (subject to hydrolysis) is 1. The van der Waals surface area contributed by atoms with E-state index in [2.05, 4.69) is 28.5 Å². The van der Waals surface area contributed by atoms with Crippen LogP contribution in [0.25, 0.3) is 10.9 Å². The van der Waals surface area contributed by atoms with Gasteiger partial charge in [0.25, 0.3) is 0 Å². The normalized spacial score (nSPS) is 15.5. The lowest BCUT2D eigenvalue weighted by Gasteiger charge is -2.36. The van der Waals surface area contributed by atoms with E-state index >= 15 is 0 Å². The molecule has 3 aromatic rings. The van der Waals surface area contributed by atoms with Crippen LogP contribution in [-0.2, 0) is 16.0 Å². The third-order valence-corrected chi connectivity index (χ3v) is 6.27. The molecular weight excluding hydrogens is 442 g/mol. The van der Waals surface area contributed by atoms with E-state index in [0.29, 0.717) is 32.4 Å². The smallest absolute Gasteiger partial charge is 0.407 e. The summed E-state index contributed by atoms with van der Waals surface area (Å²) in [6, 6.07) is 16.1. The van der Waals surface area contributed by atoms with Crippen molar-refractivity contribution in [3.05, 3.63) is 65.4 Å². The van der Waals surface area contributed by atoms with Gasteiger partial charge >= 0.3 is 6.09 Å². The zero-order valence-electron chi connectivity index (χ0n) is 21.0. The Labute approximate surface area is 206 Å². The van der Waals surface area contributed by atoms with Crippen molar-refractivity contribution in [2.75, 3.05) is 20.2 Å². The largest absolute Gasteiger partial charge is 0.497 e. The monoisotopic (exact) mass is 477 g/mol. The van der Waals surface area contributed by atoms with Gasteiger partial charge in [-0.25, -0.2) is 4.79 Å². The summed E-state index contributed by atoms with van der Waals surface area (Å²) < 4.78 is 10.6. The average Bonchev–Trinajstić information content (AvgIpc) is 3.21. The Morgan fingerprint density at radius 1 is 1.09 bits per heavy atom. The van der Waals surface area contributed by atoms with Crippen LogP contribution in [-0.4, -0.2) is 47.7 Å². The summed E-state index contributed by atoms with van der Waals surface area (Å²) in [5.74, 6) is 0.907. The summed E-state index contributed by atoms with van der Waals surface area (Å²) >= 11 is 0. The first kappa shape index (κ1) is 24.6. The van der Waals surface area contributed by atoms with Gasteiger partial charge in [0.1, 0.15) is 11.4 Å². The van der Waals surface area contributed by atoms with Crippen molar-refractivity contribution >= 4 is 22.9 Å². The number of aromatic amines is 1. The highest BCUT2D eigenvalue weighted by molar-refractivity contribution is 5.86. The van der Waals surface area contributed by atoms with Crippen LogP contribution in [0.1, 0.15) is 62.9 Å². The van der Waals surface area contributed by atoms with Gasteiger partial charge in [-0.15, -0.1) is 0 Å². The van der Waals surface area contributed by atoms with Crippen molar-refractivity contribution in [3.63, 3.8) is 0 Å². The molecule has 0 saturated heterocycles. The maximum Gasteiger partial charge on any atom is 0.407 e. The highest BCUT2D eigenvalue weighted by atomic mass is 16.6. The number of nitrogens with zero attached hydrogens (tertiary/aromatic N) is 1. The molecule has 2 heterocycles. The van der Waals surface area contributed by atoms with Gasteiger partial charge in [-0.05, 0) is 69.4 Å². The molecule has 0 saturated carbocycles. The van der Waals surface area contributed by atoms with E-state index in [9.17, 15) is 9.59 Å². The molecule has 4 rings (SSSR count). The van der Waals surface area contributed by atoms with Crippen molar-refractivity contribution < 1.29 is 19.1 Å². The number of hydrogen-bond donors (Lipinski definition) is 2. The third-order valence-electron chi connectivity index (χ3n) is 6.27. The van der Waals surface area contributed by atoms with Crippen LogP contribution in [0.3, 0.4) is 0 Å². The number of rotatable bonds is 7. The van der Waals surface area contributed by atoms with Crippen LogP contribution < -0.4 is 10.1 Å². The lowest BCUT2D eigenvalue weighted by Crippen LogP contribution is -2.40. The summed E-state index contributed by atoms with van der Waals surface area (Å²) in [7, 11) is 1.65. The minimum absolute atomic E-state index is 0.118. The Bertz CT molecular complexity index is 1180. The predicted molar refractivity (Wildman–Crippen MR) is 137 cm³/mol. The lowest BCUT2D eigenvalue weighted by atomic mass is 9.92. The van der Waals surface area contributed by atoms with Crippen molar-refractivity contribution in [3.8, 4) is 5.75 Å². The Balaban J connectivity index is 1.47. The maximum absolute atomic E-state index is 13.4. The first-order valence-corrected chi connectivity index (χ1v) is 12.3. The number of para-hydroxylation sites is 1. The number of amides is 2. The molecule has 1 atom stereocenters. The average molecular weight is 478 g/mol. The molecule has 2 N–H and O–H groups in total. The number of benzene rings is 2. The van der Waals surface area contributed by atoms with Crippen molar-refractivity contribution in [2.45, 2.75) is 58.1 Å². The van der Waals surface area contributed by atoms with Crippen LogP contribution in [0, 0.1) is 0 Å². The van der Waals surface area contributed by atoms with Crippen molar-refractivity contribution in [1.82, 2.24) is 15.2 Å². The molecule has 0 fully saturated rings. The summed E-state index contributed by atoms with van der Waals surface area (Å²) in [5, 5.41) is 3.99. The van der Waals surface area contributed by atoms with Gasteiger partial charge < -0.3 is 24.7 Å². The zero-order valence-corrected chi connectivity index (χ0v) is 21.0. The van der Waals surface area contributed by atoms with Crippen molar-refractivity contribution in [2.24, 2.45) is 0 Å². The minimum Gasteiger partial charge on any atom is -0.497 e. The van der Waals surface area contributed by atoms with Crippen molar-refractivity contribution in [1.29, 1.82) is 0 Å². The van der Waals surface area contributed by atoms with E-state index in [1.165, 1.54) is 10.9 Å². The Morgan fingerprint density at radius 2 is 1.83 bits per heavy atom. The van der Waals surface area contributed by atoms with E-state index in [0.717, 1.165) is 28.9 Å². The predicted octanol–water partition coefficient (Wildman–Crippen LogP) is 5.35. The molecule has 7 heteroatoms. The summed E-state index contributed by atoms with van der Waals surface area (Å²) in [4.78, 5) is 30.8. The molecule has 0 bridgehead atoms. The SMILES string of the molecule is COc1ccc(C2c3[nH]c4ccccc4c3CCN2C(=O)CCCCNC(=O)OC(C)(C)C)cc1. The van der Waals surface area contributed by atoms with E-state index < -0.39 is 11.7 Å². The third kappa shape index (κ3) is 5.78. The van der Waals surface area contributed by atoms with Gasteiger partial charge in [0.05, 0.1) is 13.2 Å². The molecule has 0 aliphatic carbocycles. The fraction of sp³-hybridized carbons (Fsp3) is 0.429. The van der Waals surface area contributed by atoms with E-state index in [4.69, 9.17) is 9.47 Å². The molecule has 2 amide bonds. The van der Waals surface area contributed by atoms with Crippen LogP contribution in [0.5, 0.6) is 5.75 Å². The molecule has 1 aromatic heterocycles. The summed E-state index contributed by atoms with van der Waals surface area (Å²) in [6.07, 6.45) is 2.23. The Kier molecular flexibility index (Phi) is 7.34.